The zero-order chi connectivity index (χ0) is 12.8. The second kappa shape index (κ2) is 6.16. The molecule has 0 atom stereocenters. The molecule has 0 radical (unpaired) electrons. The van der Waals surface area contributed by atoms with Gasteiger partial charge in [-0.05, 0) is 30.7 Å². The summed E-state index contributed by atoms with van der Waals surface area (Å²) in [6.45, 7) is 1.90. The molecule has 1 aliphatic rings. The average Bonchev–Trinajstić information content (AvgIpc) is 2.41. The Morgan fingerprint density at radius 1 is 1.44 bits per heavy atom. The van der Waals surface area contributed by atoms with Gasteiger partial charge >= 0.3 is 0 Å². The molecule has 1 heterocycles. The maximum Gasteiger partial charge on any atom is 0.250 e. The molecule has 5 heteroatoms. The Bertz CT molecular complexity index is 440. The van der Waals surface area contributed by atoms with Gasteiger partial charge in [0.1, 0.15) is 12.4 Å². The van der Waals surface area contributed by atoms with Crippen molar-refractivity contribution in [3.05, 3.63) is 29.8 Å². The summed E-state index contributed by atoms with van der Waals surface area (Å²) in [4.78, 5) is 15.7. The van der Waals surface area contributed by atoms with Crippen molar-refractivity contribution in [3.63, 3.8) is 0 Å². The van der Waals surface area contributed by atoms with Crippen molar-refractivity contribution in [2.24, 2.45) is 4.99 Å². The third-order valence-corrected chi connectivity index (χ3v) is 2.61. The molecule has 96 valence electrons. The summed E-state index contributed by atoms with van der Waals surface area (Å²) in [5, 5.41) is 6.01. The van der Waals surface area contributed by atoms with Crippen LogP contribution in [-0.2, 0) is 9.53 Å². The Labute approximate surface area is 106 Å². The molecule has 0 spiro atoms. The fourth-order valence-corrected chi connectivity index (χ4v) is 1.77. The molecule has 1 aromatic rings. The van der Waals surface area contributed by atoms with Gasteiger partial charge in [-0.2, -0.15) is 0 Å². The Morgan fingerprint density at radius 2 is 2.22 bits per heavy atom. The molecule has 5 nitrogen and oxygen atoms in total. The fourth-order valence-electron chi connectivity index (χ4n) is 1.77. The van der Waals surface area contributed by atoms with Crippen molar-refractivity contribution in [3.8, 4) is 0 Å². The summed E-state index contributed by atoms with van der Waals surface area (Å²) in [5.41, 5.74) is 1.80. The molecule has 1 aromatic carbocycles. The van der Waals surface area contributed by atoms with Gasteiger partial charge in [-0.15, -0.1) is 0 Å². The number of hydrogen-bond donors (Lipinski definition) is 2. The SMILES string of the molecule is COCC(=O)Nc1ccc(C2=NCCCN2)cc1. The standard InChI is InChI=1S/C13H17N3O2/c1-18-9-12(17)16-11-5-3-10(4-6-11)13-14-7-2-8-15-13/h3-6H,2,7-9H2,1H3,(H,14,15)(H,16,17). The minimum absolute atomic E-state index is 0.0655. The van der Waals surface area contributed by atoms with Gasteiger partial charge in [-0.25, -0.2) is 0 Å². The van der Waals surface area contributed by atoms with Crippen LogP contribution in [0.15, 0.2) is 29.3 Å². The molecule has 1 amide bonds. The second-order valence-electron chi connectivity index (χ2n) is 4.07. The van der Waals surface area contributed by atoms with Crippen LogP contribution in [0.4, 0.5) is 5.69 Å². The summed E-state index contributed by atoms with van der Waals surface area (Å²) in [6.07, 6.45) is 1.08. The summed E-state index contributed by atoms with van der Waals surface area (Å²) < 4.78 is 4.75. The predicted molar refractivity (Wildman–Crippen MR) is 71.0 cm³/mol. The number of rotatable bonds is 4. The van der Waals surface area contributed by atoms with E-state index in [1.54, 1.807) is 0 Å². The van der Waals surface area contributed by atoms with E-state index in [9.17, 15) is 4.79 Å². The number of benzene rings is 1. The minimum Gasteiger partial charge on any atom is -0.375 e. The number of anilines is 1. The molecule has 0 saturated carbocycles. The van der Waals surface area contributed by atoms with E-state index >= 15 is 0 Å². The molecule has 0 aromatic heterocycles. The van der Waals surface area contributed by atoms with Crippen LogP contribution in [0.3, 0.4) is 0 Å². The van der Waals surface area contributed by atoms with Crippen LogP contribution >= 0.6 is 0 Å². The van der Waals surface area contributed by atoms with E-state index in [1.807, 2.05) is 24.3 Å². The number of amides is 1. The number of carbonyl (C=O) groups is 1. The summed E-state index contributed by atoms with van der Waals surface area (Å²) in [7, 11) is 1.50. The normalized spacial score (nSPS) is 14.6. The number of carbonyl (C=O) groups excluding carboxylic acids is 1. The second-order valence-corrected chi connectivity index (χ2v) is 4.07. The number of aliphatic imine (C=N–C) groups is 1. The molecule has 0 unspecified atom stereocenters. The number of methoxy groups -OCH3 is 1. The van der Waals surface area contributed by atoms with E-state index in [2.05, 4.69) is 15.6 Å². The number of nitrogens with zero attached hydrogens (tertiary/aromatic N) is 1. The molecule has 18 heavy (non-hydrogen) atoms. The van der Waals surface area contributed by atoms with Gasteiger partial charge < -0.3 is 15.4 Å². The van der Waals surface area contributed by atoms with Crippen LogP contribution in [-0.4, -0.2) is 38.5 Å². The van der Waals surface area contributed by atoms with Crippen molar-refractivity contribution in [2.75, 3.05) is 32.1 Å². The maximum absolute atomic E-state index is 11.3. The van der Waals surface area contributed by atoms with Gasteiger partial charge in [-0.1, -0.05) is 0 Å². The van der Waals surface area contributed by atoms with E-state index in [0.29, 0.717) is 0 Å². The van der Waals surface area contributed by atoms with E-state index in [1.165, 1.54) is 7.11 Å². The van der Waals surface area contributed by atoms with Gasteiger partial charge in [0.2, 0.25) is 5.91 Å². The first kappa shape index (κ1) is 12.6. The lowest BCUT2D eigenvalue weighted by atomic mass is 10.1. The molecule has 0 saturated heterocycles. The number of nitrogens with one attached hydrogen (secondary N) is 2. The molecule has 1 aliphatic heterocycles. The van der Waals surface area contributed by atoms with Gasteiger partial charge in [0.25, 0.3) is 0 Å². The van der Waals surface area contributed by atoms with E-state index in [-0.39, 0.29) is 12.5 Å². The van der Waals surface area contributed by atoms with E-state index in [0.717, 1.165) is 36.6 Å². The zero-order valence-corrected chi connectivity index (χ0v) is 10.4. The van der Waals surface area contributed by atoms with Gasteiger partial charge in [0.05, 0.1) is 0 Å². The fraction of sp³-hybridized carbons (Fsp3) is 0.385. The highest BCUT2D eigenvalue weighted by molar-refractivity contribution is 5.99. The largest absolute Gasteiger partial charge is 0.375 e. The molecular weight excluding hydrogens is 230 g/mol. The van der Waals surface area contributed by atoms with Gasteiger partial charge in [0.15, 0.2) is 0 Å². The number of hydrogen-bond acceptors (Lipinski definition) is 4. The molecule has 0 aliphatic carbocycles. The Morgan fingerprint density at radius 3 is 2.83 bits per heavy atom. The zero-order valence-electron chi connectivity index (χ0n) is 10.4. The molecule has 2 N–H and O–H groups in total. The minimum atomic E-state index is -0.154. The quantitative estimate of drug-likeness (QED) is 0.834. The van der Waals surface area contributed by atoms with Crippen molar-refractivity contribution in [2.45, 2.75) is 6.42 Å². The monoisotopic (exact) mass is 247 g/mol. The van der Waals surface area contributed by atoms with Crippen molar-refractivity contribution in [1.29, 1.82) is 0 Å². The van der Waals surface area contributed by atoms with Crippen LogP contribution in [0, 0.1) is 0 Å². The van der Waals surface area contributed by atoms with Crippen LogP contribution < -0.4 is 10.6 Å². The van der Waals surface area contributed by atoms with Crippen molar-refractivity contribution in [1.82, 2.24) is 5.32 Å². The van der Waals surface area contributed by atoms with Gasteiger partial charge in [0, 0.05) is 31.5 Å². The molecular formula is C13H17N3O2. The average molecular weight is 247 g/mol. The summed E-state index contributed by atoms with van der Waals surface area (Å²) in [5.74, 6) is 0.773. The van der Waals surface area contributed by atoms with Crippen LogP contribution in [0.5, 0.6) is 0 Å². The smallest absolute Gasteiger partial charge is 0.250 e. The Balaban J connectivity index is 2.01. The van der Waals surface area contributed by atoms with E-state index in [4.69, 9.17) is 4.74 Å². The topological polar surface area (TPSA) is 62.7 Å². The van der Waals surface area contributed by atoms with Crippen LogP contribution in [0.1, 0.15) is 12.0 Å². The summed E-state index contributed by atoms with van der Waals surface area (Å²) in [6, 6.07) is 7.61. The first-order valence-corrected chi connectivity index (χ1v) is 5.97. The predicted octanol–water partition coefficient (Wildman–Crippen LogP) is 1.01. The molecule has 0 bridgehead atoms. The Kier molecular flexibility index (Phi) is 4.30. The summed E-state index contributed by atoms with van der Waals surface area (Å²) >= 11 is 0. The van der Waals surface area contributed by atoms with Crippen LogP contribution in [0.2, 0.25) is 0 Å². The van der Waals surface area contributed by atoms with Crippen molar-refractivity contribution < 1.29 is 9.53 Å². The highest BCUT2D eigenvalue weighted by Crippen LogP contribution is 2.11. The maximum atomic E-state index is 11.3. The number of ether oxygens (including phenoxy) is 1. The third kappa shape index (κ3) is 3.30. The lowest BCUT2D eigenvalue weighted by molar-refractivity contribution is -0.119. The highest BCUT2D eigenvalue weighted by atomic mass is 16.5. The first-order chi connectivity index (χ1) is 8.79. The third-order valence-electron chi connectivity index (χ3n) is 2.61. The number of amidine groups is 1. The van der Waals surface area contributed by atoms with Crippen LogP contribution in [0.25, 0.3) is 0 Å². The lowest BCUT2D eigenvalue weighted by Gasteiger charge is -2.15. The van der Waals surface area contributed by atoms with Crippen molar-refractivity contribution >= 4 is 17.4 Å². The van der Waals surface area contributed by atoms with Gasteiger partial charge in [-0.3, -0.25) is 9.79 Å². The Hall–Kier alpha value is -1.88. The molecule has 2 rings (SSSR count). The first-order valence-electron chi connectivity index (χ1n) is 5.97. The highest BCUT2D eigenvalue weighted by Gasteiger charge is 2.07. The molecule has 0 fully saturated rings. The van der Waals surface area contributed by atoms with E-state index < -0.39 is 0 Å². The lowest BCUT2D eigenvalue weighted by Crippen LogP contribution is -2.30.